The van der Waals surface area contributed by atoms with Gasteiger partial charge in [0.1, 0.15) is 0 Å². The van der Waals surface area contributed by atoms with Gasteiger partial charge in [0.15, 0.2) is 0 Å². The molecule has 1 saturated carbocycles. The number of rotatable bonds is 4. The summed E-state index contributed by atoms with van der Waals surface area (Å²) in [5, 5.41) is 10.2. The van der Waals surface area contributed by atoms with E-state index in [1.807, 2.05) is 13.8 Å². The van der Waals surface area contributed by atoms with Gasteiger partial charge in [-0.1, -0.05) is 12.8 Å². The summed E-state index contributed by atoms with van der Waals surface area (Å²) >= 11 is 0. The molecule has 3 nitrogen and oxygen atoms in total. The molecule has 2 atom stereocenters. The first kappa shape index (κ1) is 13.3. The standard InChI is InChI=1S/C14H26O3/c1-11(2)16-10-13(15)12-5-8-17-14(9-12)6-3-4-7-14/h11-13,15H,3-10H2,1-2H3. The Morgan fingerprint density at radius 1 is 1.35 bits per heavy atom. The smallest absolute Gasteiger partial charge is 0.0803 e. The Bertz CT molecular complexity index is 234. The van der Waals surface area contributed by atoms with Crippen LogP contribution in [0.15, 0.2) is 0 Å². The minimum atomic E-state index is -0.321. The lowest BCUT2D eigenvalue weighted by molar-refractivity contribution is -0.123. The Balaban J connectivity index is 1.84. The van der Waals surface area contributed by atoms with E-state index in [4.69, 9.17) is 9.47 Å². The number of hydrogen-bond donors (Lipinski definition) is 1. The van der Waals surface area contributed by atoms with Crippen molar-refractivity contribution in [1.29, 1.82) is 0 Å². The molecule has 2 unspecified atom stereocenters. The monoisotopic (exact) mass is 242 g/mol. The molecule has 1 aliphatic carbocycles. The summed E-state index contributed by atoms with van der Waals surface area (Å²) in [6.45, 7) is 5.30. The number of aliphatic hydroxyl groups excluding tert-OH is 1. The van der Waals surface area contributed by atoms with Crippen LogP contribution in [-0.2, 0) is 9.47 Å². The first-order valence-electron chi connectivity index (χ1n) is 7.05. The molecule has 2 aliphatic rings. The quantitative estimate of drug-likeness (QED) is 0.823. The number of ether oxygens (including phenoxy) is 2. The van der Waals surface area contributed by atoms with Gasteiger partial charge in [-0.15, -0.1) is 0 Å². The fourth-order valence-corrected chi connectivity index (χ4v) is 3.19. The molecule has 1 heterocycles. The van der Waals surface area contributed by atoms with Gasteiger partial charge >= 0.3 is 0 Å². The molecule has 0 radical (unpaired) electrons. The van der Waals surface area contributed by atoms with Gasteiger partial charge in [-0.2, -0.15) is 0 Å². The minimum absolute atomic E-state index is 0.0989. The van der Waals surface area contributed by atoms with Crippen molar-refractivity contribution in [3.63, 3.8) is 0 Å². The summed E-state index contributed by atoms with van der Waals surface area (Å²) in [6.07, 6.45) is 6.81. The van der Waals surface area contributed by atoms with Gasteiger partial charge in [-0.25, -0.2) is 0 Å². The first-order valence-corrected chi connectivity index (χ1v) is 7.05. The van der Waals surface area contributed by atoms with E-state index in [2.05, 4.69) is 0 Å². The van der Waals surface area contributed by atoms with Crippen LogP contribution in [0.4, 0.5) is 0 Å². The Hall–Kier alpha value is -0.120. The van der Waals surface area contributed by atoms with E-state index in [9.17, 15) is 5.11 Å². The summed E-state index contributed by atoms with van der Waals surface area (Å²) in [5.41, 5.74) is 0.0989. The fourth-order valence-electron chi connectivity index (χ4n) is 3.19. The molecule has 3 heteroatoms. The normalized spacial score (nSPS) is 30.0. The molecule has 1 spiro atoms. The summed E-state index contributed by atoms with van der Waals surface area (Å²) in [5.74, 6) is 0.362. The van der Waals surface area contributed by atoms with Crippen LogP contribution < -0.4 is 0 Å². The highest BCUT2D eigenvalue weighted by molar-refractivity contribution is 4.92. The fraction of sp³-hybridized carbons (Fsp3) is 1.00. The van der Waals surface area contributed by atoms with Crippen molar-refractivity contribution in [2.75, 3.05) is 13.2 Å². The Morgan fingerprint density at radius 2 is 2.06 bits per heavy atom. The highest BCUT2D eigenvalue weighted by Crippen LogP contribution is 2.42. The SMILES string of the molecule is CC(C)OCC(O)C1CCOC2(CCCC2)C1. The van der Waals surface area contributed by atoms with Crippen LogP contribution >= 0.6 is 0 Å². The summed E-state index contributed by atoms with van der Waals surface area (Å²) in [6, 6.07) is 0. The van der Waals surface area contributed by atoms with Crippen LogP contribution in [0.3, 0.4) is 0 Å². The molecule has 1 N–H and O–H groups in total. The Kier molecular flexibility index (Phi) is 4.45. The summed E-state index contributed by atoms with van der Waals surface area (Å²) in [7, 11) is 0. The van der Waals surface area contributed by atoms with Crippen LogP contribution in [0.25, 0.3) is 0 Å². The first-order chi connectivity index (χ1) is 8.11. The van der Waals surface area contributed by atoms with Crippen LogP contribution in [-0.4, -0.2) is 36.1 Å². The molecular weight excluding hydrogens is 216 g/mol. The predicted octanol–water partition coefficient (Wildman–Crippen LogP) is 2.51. The zero-order valence-electron chi connectivity index (χ0n) is 11.2. The van der Waals surface area contributed by atoms with Crippen molar-refractivity contribution in [3.8, 4) is 0 Å². The van der Waals surface area contributed by atoms with Crippen LogP contribution in [0.2, 0.25) is 0 Å². The van der Waals surface area contributed by atoms with E-state index in [-0.39, 0.29) is 17.8 Å². The third-order valence-corrected chi connectivity index (χ3v) is 4.19. The second kappa shape index (κ2) is 5.68. The Labute approximate surface area is 104 Å². The largest absolute Gasteiger partial charge is 0.390 e. The van der Waals surface area contributed by atoms with E-state index < -0.39 is 0 Å². The predicted molar refractivity (Wildman–Crippen MR) is 67.0 cm³/mol. The second-order valence-corrected chi connectivity index (χ2v) is 5.94. The van der Waals surface area contributed by atoms with Gasteiger partial charge in [0.05, 0.1) is 24.4 Å². The average molecular weight is 242 g/mol. The lowest BCUT2D eigenvalue weighted by atomic mass is 9.82. The molecule has 2 fully saturated rings. The lowest BCUT2D eigenvalue weighted by Gasteiger charge is -2.40. The molecule has 2 rings (SSSR count). The zero-order valence-corrected chi connectivity index (χ0v) is 11.2. The van der Waals surface area contributed by atoms with Gasteiger partial charge in [0, 0.05) is 6.61 Å². The van der Waals surface area contributed by atoms with E-state index in [1.165, 1.54) is 25.7 Å². The molecule has 0 bridgehead atoms. The van der Waals surface area contributed by atoms with E-state index in [0.29, 0.717) is 12.5 Å². The van der Waals surface area contributed by atoms with Gasteiger partial charge in [0.2, 0.25) is 0 Å². The molecule has 100 valence electrons. The van der Waals surface area contributed by atoms with Crippen molar-refractivity contribution in [3.05, 3.63) is 0 Å². The molecule has 0 aromatic heterocycles. The maximum Gasteiger partial charge on any atom is 0.0803 e. The topological polar surface area (TPSA) is 38.7 Å². The molecule has 0 aromatic carbocycles. The Morgan fingerprint density at radius 3 is 2.71 bits per heavy atom. The van der Waals surface area contributed by atoms with E-state index in [1.54, 1.807) is 0 Å². The van der Waals surface area contributed by atoms with Crippen molar-refractivity contribution in [2.45, 2.75) is 70.2 Å². The van der Waals surface area contributed by atoms with Gasteiger partial charge in [0.25, 0.3) is 0 Å². The van der Waals surface area contributed by atoms with Crippen molar-refractivity contribution in [2.24, 2.45) is 5.92 Å². The molecule has 1 saturated heterocycles. The second-order valence-electron chi connectivity index (χ2n) is 5.94. The third kappa shape index (κ3) is 3.43. The van der Waals surface area contributed by atoms with E-state index in [0.717, 1.165) is 19.4 Å². The highest BCUT2D eigenvalue weighted by atomic mass is 16.5. The van der Waals surface area contributed by atoms with Crippen LogP contribution in [0, 0.1) is 5.92 Å². The van der Waals surface area contributed by atoms with Crippen LogP contribution in [0.5, 0.6) is 0 Å². The number of hydrogen-bond acceptors (Lipinski definition) is 3. The van der Waals surface area contributed by atoms with Gasteiger partial charge < -0.3 is 14.6 Å². The maximum atomic E-state index is 10.2. The van der Waals surface area contributed by atoms with E-state index >= 15 is 0 Å². The molecule has 1 aliphatic heterocycles. The maximum absolute atomic E-state index is 10.2. The van der Waals surface area contributed by atoms with Gasteiger partial charge in [-0.05, 0) is 45.4 Å². The molecular formula is C14H26O3. The summed E-state index contributed by atoms with van der Waals surface area (Å²) < 4.78 is 11.5. The third-order valence-electron chi connectivity index (χ3n) is 4.19. The van der Waals surface area contributed by atoms with Gasteiger partial charge in [-0.3, -0.25) is 0 Å². The minimum Gasteiger partial charge on any atom is -0.390 e. The van der Waals surface area contributed by atoms with Crippen LogP contribution in [0.1, 0.15) is 52.4 Å². The summed E-state index contributed by atoms with van der Waals surface area (Å²) in [4.78, 5) is 0. The lowest BCUT2D eigenvalue weighted by Crippen LogP contribution is -2.42. The molecule has 0 aromatic rings. The molecule has 17 heavy (non-hydrogen) atoms. The van der Waals surface area contributed by atoms with Crippen molar-refractivity contribution in [1.82, 2.24) is 0 Å². The molecule has 0 amide bonds. The highest BCUT2D eigenvalue weighted by Gasteiger charge is 2.41. The van der Waals surface area contributed by atoms with Crippen molar-refractivity contribution < 1.29 is 14.6 Å². The number of aliphatic hydroxyl groups is 1. The van der Waals surface area contributed by atoms with Crippen molar-refractivity contribution >= 4 is 0 Å². The average Bonchev–Trinajstić information content (AvgIpc) is 2.74. The zero-order chi connectivity index (χ0) is 12.3.